The third-order valence-electron chi connectivity index (χ3n) is 3.07. The molecule has 5 heteroatoms. The summed E-state index contributed by atoms with van der Waals surface area (Å²) in [7, 11) is 0. The Balaban J connectivity index is 2.10. The normalized spacial score (nSPS) is 13.4. The SMILES string of the molecule is CCNc1nc(-c2cc(C)ccn2)nc2c1CSC2. The van der Waals surface area contributed by atoms with Gasteiger partial charge in [-0.15, -0.1) is 0 Å². The van der Waals surface area contributed by atoms with Gasteiger partial charge >= 0.3 is 0 Å². The highest BCUT2D eigenvalue weighted by Gasteiger charge is 2.20. The van der Waals surface area contributed by atoms with Crippen LogP contribution in [0.25, 0.3) is 11.5 Å². The Kier molecular flexibility index (Phi) is 3.38. The Morgan fingerprint density at radius 3 is 3.00 bits per heavy atom. The Bertz CT molecular complexity index is 612. The molecule has 0 fully saturated rings. The van der Waals surface area contributed by atoms with E-state index in [0.717, 1.165) is 41.1 Å². The number of nitrogens with zero attached hydrogens (tertiary/aromatic N) is 3. The smallest absolute Gasteiger partial charge is 0.180 e. The summed E-state index contributed by atoms with van der Waals surface area (Å²) in [5.41, 5.74) is 4.42. The van der Waals surface area contributed by atoms with E-state index >= 15 is 0 Å². The molecule has 0 saturated carbocycles. The van der Waals surface area contributed by atoms with Crippen molar-refractivity contribution in [3.05, 3.63) is 35.2 Å². The van der Waals surface area contributed by atoms with E-state index in [1.54, 1.807) is 0 Å². The van der Waals surface area contributed by atoms with Crippen LogP contribution in [-0.2, 0) is 11.5 Å². The molecule has 0 aliphatic carbocycles. The maximum absolute atomic E-state index is 4.67. The summed E-state index contributed by atoms with van der Waals surface area (Å²) >= 11 is 1.89. The lowest BCUT2D eigenvalue weighted by molar-refractivity contribution is 1.04. The second-order valence-electron chi connectivity index (χ2n) is 4.56. The molecule has 2 aromatic rings. The first-order chi connectivity index (χ1) is 9.28. The molecule has 2 aromatic heterocycles. The Hall–Kier alpha value is -1.62. The van der Waals surface area contributed by atoms with Gasteiger partial charge in [-0.25, -0.2) is 9.97 Å². The van der Waals surface area contributed by atoms with Crippen molar-refractivity contribution in [2.24, 2.45) is 0 Å². The summed E-state index contributed by atoms with van der Waals surface area (Å²) in [6.45, 7) is 5.01. The van der Waals surface area contributed by atoms with Gasteiger partial charge in [0.15, 0.2) is 5.82 Å². The lowest BCUT2D eigenvalue weighted by atomic mass is 10.2. The molecule has 0 atom stereocenters. The van der Waals surface area contributed by atoms with Crippen LogP contribution in [0.15, 0.2) is 18.3 Å². The fourth-order valence-corrected chi connectivity index (χ4v) is 3.18. The van der Waals surface area contributed by atoms with Crippen LogP contribution in [0.1, 0.15) is 23.7 Å². The zero-order chi connectivity index (χ0) is 13.2. The summed E-state index contributed by atoms with van der Waals surface area (Å²) in [5, 5.41) is 3.34. The van der Waals surface area contributed by atoms with Crippen LogP contribution >= 0.6 is 11.8 Å². The van der Waals surface area contributed by atoms with Gasteiger partial charge in [-0.05, 0) is 31.5 Å². The van der Waals surface area contributed by atoms with Crippen molar-refractivity contribution in [2.75, 3.05) is 11.9 Å². The molecule has 98 valence electrons. The van der Waals surface area contributed by atoms with Gasteiger partial charge in [0, 0.05) is 29.8 Å². The molecule has 3 rings (SSSR count). The zero-order valence-electron chi connectivity index (χ0n) is 11.1. The van der Waals surface area contributed by atoms with Gasteiger partial charge in [-0.2, -0.15) is 11.8 Å². The number of pyridine rings is 1. The van der Waals surface area contributed by atoms with E-state index in [1.165, 1.54) is 11.1 Å². The average Bonchev–Trinajstić information content (AvgIpc) is 2.87. The molecule has 0 unspecified atom stereocenters. The molecule has 0 amide bonds. The number of anilines is 1. The predicted molar refractivity (Wildman–Crippen MR) is 79.2 cm³/mol. The number of rotatable bonds is 3. The first-order valence-corrected chi connectivity index (χ1v) is 7.58. The molecule has 19 heavy (non-hydrogen) atoms. The zero-order valence-corrected chi connectivity index (χ0v) is 11.9. The van der Waals surface area contributed by atoms with Crippen LogP contribution in [0, 0.1) is 6.92 Å². The monoisotopic (exact) mass is 272 g/mol. The second-order valence-corrected chi connectivity index (χ2v) is 5.55. The van der Waals surface area contributed by atoms with Crippen molar-refractivity contribution in [3.63, 3.8) is 0 Å². The van der Waals surface area contributed by atoms with Gasteiger partial charge in [0.2, 0.25) is 0 Å². The van der Waals surface area contributed by atoms with Gasteiger partial charge in [0.1, 0.15) is 11.5 Å². The molecular weight excluding hydrogens is 256 g/mol. The van der Waals surface area contributed by atoms with Crippen molar-refractivity contribution in [1.82, 2.24) is 15.0 Å². The van der Waals surface area contributed by atoms with Crippen LogP contribution in [0.5, 0.6) is 0 Å². The molecule has 0 aromatic carbocycles. The molecule has 3 heterocycles. The van der Waals surface area contributed by atoms with E-state index in [1.807, 2.05) is 30.1 Å². The number of fused-ring (bicyclic) bond motifs is 1. The maximum atomic E-state index is 4.67. The lowest BCUT2D eigenvalue weighted by Crippen LogP contribution is -2.07. The van der Waals surface area contributed by atoms with Crippen molar-refractivity contribution in [1.29, 1.82) is 0 Å². The van der Waals surface area contributed by atoms with Gasteiger partial charge < -0.3 is 5.32 Å². The largest absolute Gasteiger partial charge is 0.370 e. The molecule has 4 nitrogen and oxygen atoms in total. The molecule has 0 saturated heterocycles. The van der Waals surface area contributed by atoms with E-state index in [0.29, 0.717) is 0 Å². The van der Waals surface area contributed by atoms with Crippen LogP contribution < -0.4 is 5.32 Å². The minimum absolute atomic E-state index is 0.723. The van der Waals surface area contributed by atoms with Crippen LogP contribution in [0.3, 0.4) is 0 Å². The van der Waals surface area contributed by atoms with E-state index in [4.69, 9.17) is 0 Å². The molecule has 0 radical (unpaired) electrons. The third kappa shape index (κ3) is 2.42. The number of thioether (sulfide) groups is 1. The minimum Gasteiger partial charge on any atom is -0.370 e. The Morgan fingerprint density at radius 1 is 1.32 bits per heavy atom. The van der Waals surface area contributed by atoms with E-state index in [2.05, 4.69) is 34.1 Å². The highest BCUT2D eigenvalue weighted by Crippen LogP contribution is 2.34. The number of aromatic nitrogens is 3. The van der Waals surface area contributed by atoms with Crippen LogP contribution in [0.4, 0.5) is 5.82 Å². The highest BCUT2D eigenvalue weighted by atomic mass is 32.2. The van der Waals surface area contributed by atoms with Crippen molar-refractivity contribution in [2.45, 2.75) is 25.4 Å². The second kappa shape index (κ2) is 5.17. The molecule has 0 spiro atoms. The van der Waals surface area contributed by atoms with E-state index in [-0.39, 0.29) is 0 Å². The lowest BCUT2D eigenvalue weighted by Gasteiger charge is -2.10. The standard InChI is InChI=1S/C14H16N4S/c1-3-15-13-10-7-19-8-12(10)17-14(18-13)11-6-9(2)4-5-16-11/h4-6H,3,7-8H2,1-2H3,(H,15,17,18). The van der Waals surface area contributed by atoms with Gasteiger partial charge in [-0.1, -0.05) is 0 Å². The third-order valence-corrected chi connectivity index (χ3v) is 4.04. The fourth-order valence-electron chi connectivity index (χ4n) is 2.14. The van der Waals surface area contributed by atoms with Crippen LogP contribution in [-0.4, -0.2) is 21.5 Å². The summed E-state index contributed by atoms with van der Waals surface area (Å²) in [4.78, 5) is 13.7. The van der Waals surface area contributed by atoms with Crippen molar-refractivity contribution in [3.8, 4) is 11.5 Å². The minimum atomic E-state index is 0.723. The first kappa shape index (κ1) is 12.4. The summed E-state index contributed by atoms with van der Waals surface area (Å²) < 4.78 is 0. The highest BCUT2D eigenvalue weighted by molar-refractivity contribution is 7.98. The van der Waals surface area contributed by atoms with Crippen molar-refractivity contribution >= 4 is 17.6 Å². The van der Waals surface area contributed by atoms with Crippen LogP contribution in [0.2, 0.25) is 0 Å². The van der Waals surface area contributed by atoms with Crippen molar-refractivity contribution < 1.29 is 0 Å². The predicted octanol–water partition coefficient (Wildman–Crippen LogP) is 3.03. The van der Waals surface area contributed by atoms with E-state index in [9.17, 15) is 0 Å². The summed E-state index contributed by atoms with van der Waals surface area (Å²) in [6.07, 6.45) is 1.81. The number of aryl methyl sites for hydroxylation is 1. The number of hydrogen-bond acceptors (Lipinski definition) is 5. The quantitative estimate of drug-likeness (QED) is 0.930. The first-order valence-electron chi connectivity index (χ1n) is 6.42. The number of hydrogen-bond donors (Lipinski definition) is 1. The topological polar surface area (TPSA) is 50.7 Å². The summed E-state index contributed by atoms with van der Waals surface area (Å²) in [5.74, 6) is 3.66. The Morgan fingerprint density at radius 2 is 2.21 bits per heavy atom. The van der Waals surface area contributed by atoms with Gasteiger partial charge in [0.25, 0.3) is 0 Å². The summed E-state index contributed by atoms with van der Waals surface area (Å²) in [6, 6.07) is 4.01. The Labute approximate surface area is 117 Å². The molecule has 1 N–H and O–H groups in total. The molecule has 1 aliphatic rings. The van der Waals surface area contributed by atoms with Gasteiger partial charge in [-0.3, -0.25) is 4.98 Å². The molecular formula is C14H16N4S. The molecule has 1 aliphatic heterocycles. The maximum Gasteiger partial charge on any atom is 0.180 e. The van der Waals surface area contributed by atoms with E-state index < -0.39 is 0 Å². The fraction of sp³-hybridized carbons (Fsp3) is 0.357. The van der Waals surface area contributed by atoms with Gasteiger partial charge in [0.05, 0.1) is 5.69 Å². The average molecular weight is 272 g/mol. The molecule has 0 bridgehead atoms. The number of nitrogens with one attached hydrogen (secondary N) is 1.